The van der Waals surface area contributed by atoms with Gasteiger partial charge in [-0.1, -0.05) is 72.8 Å². The van der Waals surface area contributed by atoms with Crippen molar-refractivity contribution in [2.24, 2.45) is 0 Å². The number of nitrogens with zero attached hydrogens (tertiary/aromatic N) is 4. The fourth-order valence-corrected chi connectivity index (χ4v) is 6.08. The average Bonchev–Trinajstić information content (AvgIpc) is 3.50. The molecule has 0 atom stereocenters. The maximum Gasteiger partial charge on any atom is 0.338 e. The Hall–Kier alpha value is -3.72. The number of ether oxygens (including phenoxy) is 1. The standard InChI is InChI=1S/C33H39N5O2S/c1-3-36(4-2)29-17-15-28(16-18-29)31-25-41-32(34-31)35-33(39)38(37-21-23-40-24-22-37)20-19-30(26-11-7-5-8-12-26)27-13-9-6-10-14-27/h5-18,25,30H,3-4,19-24H2,1-2H3,(H,34,35,39). The minimum absolute atomic E-state index is 0.162. The molecule has 2 heterocycles. The minimum Gasteiger partial charge on any atom is -0.379 e. The lowest BCUT2D eigenvalue weighted by atomic mass is 9.88. The Bertz CT molecular complexity index is 1310. The van der Waals surface area contributed by atoms with Crippen LogP contribution in [0, 0.1) is 0 Å². The highest BCUT2D eigenvalue weighted by molar-refractivity contribution is 7.14. The predicted octanol–water partition coefficient (Wildman–Crippen LogP) is 6.96. The van der Waals surface area contributed by atoms with E-state index in [-0.39, 0.29) is 11.9 Å². The van der Waals surface area contributed by atoms with E-state index in [9.17, 15) is 4.79 Å². The van der Waals surface area contributed by atoms with Crippen LogP contribution in [0.25, 0.3) is 11.3 Å². The molecule has 0 radical (unpaired) electrons. The number of benzene rings is 3. The number of carbonyl (C=O) groups excluding carboxylic acids is 1. The zero-order valence-electron chi connectivity index (χ0n) is 23.9. The first-order valence-electron chi connectivity index (χ1n) is 14.5. The molecule has 0 aliphatic carbocycles. The fraction of sp³-hybridized carbons (Fsp3) is 0.333. The van der Waals surface area contributed by atoms with Gasteiger partial charge in [0.15, 0.2) is 5.13 Å². The summed E-state index contributed by atoms with van der Waals surface area (Å²) in [7, 11) is 0. The van der Waals surface area contributed by atoms with Crippen LogP contribution in [0.4, 0.5) is 15.6 Å². The van der Waals surface area contributed by atoms with Crippen molar-refractivity contribution in [3.05, 3.63) is 101 Å². The van der Waals surface area contributed by atoms with Crippen molar-refractivity contribution in [2.75, 3.05) is 56.2 Å². The number of morpholine rings is 1. The van der Waals surface area contributed by atoms with Gasteiger partial charge in [-0.3, -0.25) is 10.3 Å². The van der Waals surface area contributed by atoms with Gasteiger partial charge in [-0.15, -0.1) is 11.3 Å². The van der Waals surface area contributed by atoms with Gasteiger partial charge in [0, 0.05) is 55.3 Å². The summed E-state index contributed by atoms with van der Waals surface area (Å²) in [5.41, 5.74) is 5.60. The number of nitrogens with one attached hydrogen (secondary N) is 1. The van der Waals surface area contributed by atoms with Crippen LogP contribution in [0.2, 0.25) is 0 Å². The van der Waals surface area contributed by atoms with E-state index >= 15 is 0 Å². The van der Waals surface area contributed by atoms with E-state index in [0.717, 1.165) is 30.8 Å². The lowest BCUT2D eigenvalue weighted by molar-refractivity contribution is -0.0606. The monoisotopic (exact) mass is 569 g/mol. The number of hydrazine groups is 1. The van der Waals surface area contributed by atoms with Gasteiger partial charge in [0.05, 0.1) is 18.9 Å². The molecule has 214 valence electrons. The van der Waals surface area contributed by atoms with Gasteiger partial charge in [-0.2, -0.15) is 0 Å². The molecule has 3 aromatic carbocycles. The summed E-state index contributed by atoms with van der Waals surface area (Å²) in [6.45, 7) is 9.41. The highest BCUT2D eigenvalue weighted by Crippen LogP contribution is 2.30. The largest absolute Gasteiger partial charge is 0.379 e. The second-order valence-corrected chi connectivity index (χ2v) is 10.9. The topological polar surface area (TPSA) is 60.9 Å². The Morgan fingerprint density at radius 1 is 0.927 bits per heavy atom. The highest BCUT2D eigenvalue weighted by Gasteiger charge is 2.26. The highest BCUT2D eigenvalue weighted by atomic mass is 32.1. The zero-order valence-corrected chi connectivity index (χ0v) is 24.7. The number of hydrogen-bond acceptors (Lipinski definition) is 6. The Morgan fingerprint density at radius 3 is 2.12 bits per heavy atom. The Labute approximate surface area is 247 Å². The number of amides is 2. The second kappa shape index (κ2) is 14.3. The van der Waals surface area contributed by atoms with Crippen LogP contribution in [0.1, 0.15) is 37.3 Å². The predicted molar refractivity (Wildman–Crippen MR) is 169 cm³/mol. The van der Waals surface area contributed by atoms with Crippen molar-refractivity contribution in [3.8, 4) is 11.3 Å². The summed E-state index contributed by atoms with van der Waals surface area (Å²) >= 11 is 1.45. The summed E-state index contributed by atoms with van der Waals surface area (Å²) in [4.78, 5) is 20.8. The first-order chi connectivity index (χ1) is 20.2. The lowest BCUT2D eigenvalue weighted by Crippen LogP contribution is -2.53. The molecule has 0 spiro atoms. The van der Waals surface area contributed by atoms with Crippen molar-refractivity contribution in [2.45, 2.75) is 26.2 Å². The van der Waals surface area contributed by atoms with Crippen molar-refractivity contribution < 1.29 is 9.53 Å². The van der Waals surface area contributed by atoms with E-state index in [1.807, 2.05) is 22.5 Å². The van der Waals surface area contributed by atoms with Crippen molar-refractivity contribution in [1.29, 1.82) is 0 Å². The molecular formula is C33H39N5O2S. The maximum atomic E-state index is 13.7. The van der Waals surface area contributed by atoms with Crippen molar-refractivity contribution >= 4 is 28.2 Å². The number of aromatic nitrogens is 1. The first-order valence-corrected chi connectivity index (χ1v) is 15.4. The molecule has 8 heteroatoms. The van der Waals surface area contributed by atoms with Gasteiger partial charge in [-0.25, -0.2) is 14.8 Å². The summed E-state index contributed by atoms with van der Waals surface area (Å²) < 4.78 is 5.59. The first kappa shape index (κ1) is 28.8. The average molecular weight is 570 g/mol. The van der Waals surface area contributed by atoms with E-state index in [0.29, 0.717) is 38.0 Å². The van der Waals surface area contributed by atoms with Crippen LogP contribution >= 0.6 is 11.3 Å². The molecule has 0 bridgehead atoms. The molecule has 2 amide bonds. The summed E-state index contributed by atoms with van der Waals surface area (Å²) in [5.74, 6) is 0.180. The Kier molecular flexibility index (Phi) is 10.0. The molecule has 1 fully saturated rings. The molecule has 0 saturated carbocycles. The molecule has 0 unspecified atom stereocenters. The number of hydrogen-bond donors (Lipinski definition) is 1. The molecule has 4 aromatic rings. The quantitative estimate of drug-likeness (QED) is 0.212. The molecule has 1 N–H and O–H groups in total. The van der Waals surface area contributed by atoms with E-state index in [2.05, 4.69) is 102 Å². The van der Waals surface area contributed by atoms with Crippen LogP contribution in [-0.4, -0.2) is 67.0 Å². The van der Waals surface area contributed by atoms with Gasteiger partial charge in [0.25, 0.3) is 0 Å². The van der Waals surface area contributed by atoms with Crippen LogP contribution in [-0.2, 0) is 4.74 Å². The van der Waals surface area contributed by atoms with Gasteiger partial charge < -0.3 is 9.64 Å². The molecule has 1 saturated heterocycles. The smallest absolute Gasteiger partial charge is 0.338 e. The fourth-order valence-electron chi connectivity index (χ4n) is 5.37. The summed E-state index contributed by atoms with van der Waals surface area (Å²) in [5, 5.41) is 9.63. The number of thiazole rings is 1. The molecular weight excluding hydrogens is 530 g/mol. The van der Waals surface area contributed by atoms with Gasteiger partial charge in [0.1, 0.15) is 0 Å². The molecule has 7 nitrogen and oxygen atoms in total. The molecule has 1 aliphatic rings. The van der Waals surface area contributed by atoms with E-state index in [4.69, 9.17) is 9.72 Å². The van der Waals surface area contributed by atoms with Gasteiger partial charge in [-0.05, 0) is 43.5 Å². The minimum atomic E-state index is -0.162. The zero-order chi connectivity index (χ0) is 28.4. The number of urea groups is 1. The summed E-state index contributed by atoms with van der Waals surface area (Å²) in [6.07, 6.45) is 0.792. The third-order valence-corrected chi connectivity index (χ3v) is 8.36. The number of rotatable bonds is 11. The van der Waals surface area contributed by atoms with E-state index in [1.54, 1.807) is 0 Å². The van der Waals surface area contributed by atoms with Crippen LogP contribution in [0.5, 0.6) is 0 Å². The normalized spacial score (nSPS) is 13.7. The maximum absolute atomic E-state index is 13.7. The number of carbonyl (C=O) groups is 1. The lowest BCUT2D eigenvalue weighted by Gasteiger charge is -2.37. The Morgan fingerprint density at radius 2 is 1.54 bits per heavy atom. The van der Waals surface area contributed by atoms with Crippen LogP contribution < -0.4 is 10.2 Å². The molecule has 1 aliphatic heterocycles. The molecule has 41 heavy (non-hydrogen) atoms. The number of anilines is 2. The van der Waals surface area contributed by atoms with E-state index < -0.39 is 0 Å². The second-order valence-electron chi connectivity index (χ2n) is 10.0. The Balaban J connectivity index is 1.31. The van der Waals surface area contributed by atoms with Gasteiger partial charge >= 0.3 is 6.03 Å². The van der Waals surface area contributed by atoms with Gasteiger partial charge in [0.2, 0.25) is 0 Å². The SMILES string of the molecule is CCN(CC)c1ccc(-c2csc(NC(=O)N(CCC(c3ccccc3)c3ccccc3)N3CCOCC3)n2)cc1. The van der Waals surface area contributed by atoms with E-state index in [1.165, 1.54) is 28.2 Å². The molecule has 5 rings (SSSR count). The van der Waals surface area contributed by atoms with Crippen molar-refractivity contribution in [1.82, 2.24) is 15.0 Å². The summed E-state index contributed by atoms with van der Waals surface area (Å²) in [6, 6.07) is 29.4. The third-order valence-electron chi connectivity index (χ3n) is 7.61. The van der Waals surface area contributed by atoms with Crippen molar-refractivity contribution in [3.63, 3.8) is 0 Å². The van der Waals surface area contributed by atoms with Crippen LogP contribution in [0.15, 0.2) is 90.3 Å². The third kappa shape index (κ3) is 7.33. The van der Waals surface area contributed by atoms with Crippen LogP contribution in [0.3, 0.4) is 0 Å². The molecule has 1 aromatic heterocycles.